The Kier molecular flexibility index (Phi) is 17.3. The van der Waals surface area contributed by atoms with Crippen molar-refractivity contribution in [2.75, 3.05) is 6.61 Å². The van der Waals surface area contributed by atoms with Crippen LogP contribution >= 0.6 is 0 Å². The molecule has 23 heavy (non-hydrogen) atoms. The molecule has 0 heterocycles. The number of esters is 1. The molecule has 1 unspecified atom stereocenters. The molecule has 138 valence electrons. The molecule has 0 aromatic carbocycles. The van der Waals surface area contributed by atoms with E-state index >= 15 is 0 Å². The Hall–Kier alpha value is -0.600. The van der Waals surface area contributed by atoms with Crippen LogP contribution in [0.2, 0.25) is 0 Å². The van der Waals surface area contributed by atoms with Crippen LogP contribution in [-0.4, -0.2) is 18.7 Å². The number of hydrogen-bond acceptors (Lipinski definition) is 2. The smallest absolute Gasteiger partial charge is 0.340 e. The lowest BCUT2D eigenvalue weighted by Gasteiger charge is -2.09. The van der Waals surface area contributed by atoms with Gasteiger partial charge in [-0.15, -0.1) is 0 Å². The molecule has 0 saturated carbocycles. The van der Waals surface area contributed by atoms with Crippen molar-refractivity contribution in [2.24, 2.45) is 0 Å². The Morgan fingerprint density at radius 3 is 1.70 bits per heavy atom. The van der Waals surface area contributed by atoms with Crippen molar-refractivity contribution in [1.29, 1.82) is 0 Å². The first-order chi connectivity index (χ1) is 11.2. The van der Waals surface area contributed by atoms with Gasteiger partial charge in [0, 0.05) is 0 Å². The lowest BCUT2D eigenvalue weighted by atomic mass is 10.1. The molecule has 0 fully saturated rings. The van der Waals surface area contributed by atoms with E-state index in [9.17, 15) is 9.18 Å². The normalized spacial score (nSPS) is 12.3. The van der Waals surface area contributed by atoms with Crippen LogP contribution < -0.4 is 0 Å². The quantitative estimate of drug-likeness (QED) is 0.217. The third-order valence-corrected chi connectivity index (χ3v) is 4.31. The minimum Gasteiger partial charge on any atom is -0.464 e. The molecule has 1 atom stereocenters. The Morgan fingerprint density at radius 1 is 0.739 bits per heavy atom. The molecular weight excluding hydrogens is 291 g/mol. The van der Waals surface area contributed by atoms with E-state index in [1.165, 1.54) is 57.8 Å². The summed E-state index contributed by atoms with van der Waals surface area (Å²) in [6.07, 6.45) is 15.2. The largest absolute Gasteiger partial charge is 0.464 e. The Balaban J connectivity index is 3.35. The molecule has 3 heteroatoms. The zero-order valence-corrected chi connectivity index (χ0v) is 15.6. The van der Waals surface area contributed by atoms with Crippen molar-refractivity contribution in [1.82, 2.24) is 0 Å². The highest BCUT2D eigenvalue weighted by Gasteiger charge is 2.17. The molecule has 0 radical (unpaired) electrons. The van der Waals surface area contributed by atoms with Crippen LogP contribution in [0.15, 0.2) is 0 Å². The molecule has 0 aliphatic heterocycles. The predicted octanol–water partition coefficient (Wildman–Crippen LogP) is 6.76. The number of halogens is 1. The molecule has 0 amide bonds. The van der Waals surface area contributed by atoms with Gasteiger partial charge in [0.05, 0.1) is 6.61 Å². The van der Waals surface area contributed by atoms with Gasteiger partial charge >= 0.3 is 5.97 Å². The summed E-state index contributed by atoms with van der Waals surface area (Å²) in [5.41, 5.74) is 0. The molecule has 0 aromatic heterocycles. The maximum Gasteiger partial charge on any atom is 0.340 e. The second-order valence-electron chi connectivity index (χ2n) is 6.67. The number of carbonyl (C=O) groups is 1. The van der Waals surface area contributed by atoms with Gasteiger partial charge < -0.3 is 4.74 Å². The second kappa shape index (κ2) is 17.7. The van der Waals surface area contributed by atoms with E-state index in [0.29, 0.717) is 13.0 Å². The van der Waals surface area contributed by atoms with Crippen LogP contribution in [0.3, 0.4) is 0 Å². The van der Waals surface area contributed by atoms with Gasteiger partial charge in [-0.1, -0.05) is 90.9 Å². The summed E-state index contributed by atoms with van der Waals surface area (Å²) < 4.78 is 18.7. The van der Waals surface area contributed by atoms with Crippen molar-refractivity contribution in [3.8, 4) is 0 Å². The van der Waals surface area contributed by atoms with Gasteiger partial charge in [-0.2, -0.15) is 0 Å². The number of alkyl halides is 1. The van der Waals surface area contributed by atoms with E-state index in [2.05, 4.69) is 13.8 Å². The van der Waals surface area contributed by atoms with Gasteiger partial charge in [0.1, 0.15) is 0 Å². The molecular formula is C20H39FO2. The molecule has 0 aliphatic rings. The average molecular weight is 331 g/mol. The summed E-state index contributed by atoms with van der Waals surface area (Å²) in [6.45, 7) is 4.78. The number of rotatable bonds is 17. The fourth-order valence-electron chi connectivity index (χ4n) is 2.72. The number of carbonyl (C=O) groups excluding carboxylic acids is 1. The van der Waals surface area contributed by atoms with E-state index in [4.69, 9.17) is 4.74 Å². The van der Waals surface area contributed by atoms with Crippen LogP contribution in [0.1, 0.15) is 110 Å². The van der Waals surface area contributed by atoms with E-state index in [1.54, 1.807) is 0 Å². The molecule has 0 rings (SSSR count). The minimum absolute atomic E-state index is 0.324. The molecule has 2 nitrogen and oxygen atoms in total. The zero-order valence-electron chi connectivity index (χ0n) is 15.6. The summed E-state index contributed by atoms with van der Waals surface area (Å²) in [6, 6.07) is 0. The Bertz CT molecular complexity index is 256. The van der Waals surface area contributed by atoms with Crippen molar-refractivity contribution in [3.63, 3.8) is 0 Å². The molecule has 0 aliphatic carbocycles. The summed E-state index contributed by atoms with van der Waals surface area (Å²) in [5.74, 6) is -0.651. The highest BCUT2D eigenvalue weighted by molar-refractivity contribution is 5.74. The first-order valence-electron chi connectivity index (χ1n) is 10.0. The van der Waals surface area contributed by atoms with Crippen molar-refractivity contribution >= 4 is 5.97 Å². The maximum atomic E-state index is 13.7. The van der Waals surface area contributed by atoms with Crippen LogP contribution in [0.25, 0.3) is 0 Å². The van der Waals surface area contributed by atoms with Gasteiger partial charge in [0.15, 0.2) is 6.17 Å². The van der Waals surface area contributed by atoms with Gasteiger partial charge in [-0.05, 0) is 19.3 Å². The molecule has 0 aromatic rings. The highest BCUT2D eigenvalue weighted by atomic mass is 19.1. The second-order valence-corrected chi connectivity index (χ2v) is 6.67. The van der Waals surface area contributed by atoms with Crippen molar-refractivity contribution in [3.05, 3.63) is 0 Å². The lowest BCUT2D eigenvalue weighted by molar-refractivity contribution is -0.150. The first-order valence-corrected chi connectivity index (χ1v) is 10.0. The highest BCUT2D eigenvalue weighted by Crippen LogP contribution is 2.13. The standard InChI is InChI=1S/C20H39FO2/c1-3-5-7-9-11-12-13-15-17-19(21)20(22)23-18-16-14-10-8-6-4-2/h19H,3-18H2,1-2H3. The van der Waals surface area contributed by atoms with Gasteiger partial charge in [-0.3, -0.25) is 0 Å². The van der Waals surface area contributed by atoms with E-state index in [0.717, 1.165) is 32.1 Å². The summed E-state index contributed by atoms with van der Waals surface area (Å²) in [7, 11) is 0. The average Bonchev–Trinajstić information content (AvgIpc) is 2.56. The summed E-state index contributed by atoms with van der Waals surface area (Å²) in [5, 5.41) is 0. The first kappa shape index (κ1) is 22.4. The van der Waals surface area contributed by atoms with Gasteiger partial charge in [0.2, 0.25) is 0 Å². The van der Waals surface area contributed by atoms with E-state index in [1.807, 2.05) is 0 Å². The molecule has 0 spiro atoms. The SMILES string of the molecule is CCCCCCCCCCC(F)C(=O)OCCCCCCCC. The molecule has 0 bridgehead atoms. The fourth-order valence-corrected chi connectivity index (χ4v) is 2.72. The fraction of sp³-hybridized carbons (Fsp3) is 0.950. The minimum atomic E-state index is -1.42. The number of hydrogen-bond donors (Lipinski definition) is 0. The number of unbranched alkanes of at least 4 members (excludes halogenated alkanes) is 12. The molecule has 0 saturated heterocycles. The lowest BCUT2D eigenvalue weighted by Crippen LogP contribution is -2.19. The molecule has 0 N–H and O–H groups in total. The van der Waals surface area contributed by atoms with Crippen LogP contribution in [0, 0.1) is 0 Å². The van der Waals surface area contributed by atoms with Crippen LogP contribution in [-0.2, 0) is 9.53 Å². The van der Waals surface area contributed by atoms with E-state index < -0.39 is 12.1 Å². The Morgan fingerprint density at radius 2 is 1.17 bits per heavy atom. The third-order valence-electron chi connectivity index (χ3n) is 4.31. The van der Waals surface area contributed by atoms with Crippen LogP contribution in [0.5, 0.6) is 0 Å². The monoisotopic (exact) mass is 330 g/mol. The van der Waals surface area contributed by atoms with Gasteiger partial charge in [0.25, 0.3) is 0 Å². The van der Waals surface area contributed by atoms with E-state index in [-0.39, 0.29) is 0 Å². The third kappa shape index (κ3) is 16.1. The topological polar surface area (TPSA) is 26.3 Å². The maximum absolute atomic E-state index is 13.7. The van der Waals surface area contributed by atoms with Crippen molar-refractivity contribution in [2.45, 2.75) is 116 Å². The summed E-state index contributed by atoms with van der Waals surface area (Å²) >= 11 is 0. The van der Waals surface area contributed by atoms with Gasteiger partial charge in [-0.25, -0.2) is 9.18 Å². The Labute approximate surface area is 143 Å². The number of ether oxygens (including phenoxy) is 1. The van der Waals surface area contributed by atoms with Crippen LogP contribution in [0.4, 0.5) is 4.39 Å². The van der Waals surface area contributed by atoms with Crippen molar-refractivity contribution < 1.29 is 13.9 Å². The zero-order chi connectivity index (χ0) is 17.2. The summed E-state index contributed by atoms with van der Waals surface area (Å²) in [4.78, 5) is 11.5. The predicted molar refractivity (Wildman–Crippen MR) is 96.5 cm³/mol.